The van der Waals surface area contributed by atoms with Crippen LogP contribution in [0.2, 0.25) is 5.02 Å². The highest BCUT2D eigenvalue weighted by atomic mass is 35.5. The van der Waals surface area contributed by atoms with E-state index in [1.165, 1.54) is 11.8 Å². The first-order valence-electron chi connectivity index (χ1n) is 13.6. The second-order valence-electron chi connectivity index (χ2n) is 9.62. The molecular weight excluding hydrogens is 586 g/mol. The van der Waals surface area contributed by atoms with Gasteiger partial charge in [0.15, 0.2) is 11.0 Å². The van der Waals surface area contributed by atoms with Crippen LogP contribution >= 0.6 is 23.4 Å². The fourth-order valence-electron chi connectivity index (χ4n) is 4.47. The van der Waals surface area contributed by atoms with Gasteiger partial charge < -0.3 is 24.1 Å². The molecule has 8 nitrogen and oxygen atoms in total. The van der Waals surface area contributed by atoms with Crippen LogP contribution in [0.1, 0.15) is 5.56 Å². The van der Waals surface area contributed by atoms with E-state index in [1.54, 1.807) is 21.3 Å². The van der Waals surface area contributed by atoms with E-state index in [4.69, 9.17) is 30.5 Å². The van der Waals surface area contributed by atoms with Gasteiger partial charge in [0.2, 0.25) is 0 Å². The minimum absolute atomic E-state index is 0.115. The van der Waals surface area contributed by atoms with E-state index in [1.807, 2.05) is 95.6 Å². The number of aromatic nitrogens is 3. The molecule has 0 aliphatic carbocycles. The summed E-state index contributed by atoms with van der Waals surface area (Å²) in [5, 5.41) is 21.2. The molecule has 1 heterocycles. The number of rotatable bonds is 13. The average Bonchev–Trinajstić information content (AvgIpc) is 3.45. The van der Waals surface area contributed by atoms with E-state index in [0.29, 0.717) is 45.5 Å². The van der Waals surface area contributed by atoms with Crippen LogP contribution in [0.4, 0.5) is 0 Å². The van der Waals surface area contributed by atoms with Crippen molar-refractivity contribution < 1.29 is 24.1 Å². The predicted octanol–water partition coefficient (Wildman–Crippen LogP) is 6.87. The number of aliphatic hydroxyl groups excluding tert-OH is 1. The van der Waals surface area contributed by atoms with Crippen molar-refractivity contribution in [3.05, 3.63) is 102 Å². The SMILES string of the molecule is COc1ccc(Cn2c(SCC(O)COc3ccccc3-c3ccc(Cl)cc3)nnc2-c2cc(OC)cc(OC)c2)cc1. The van der Waals surface area contributed by atoms with Gasteiger partial charge >= 0.3 is 0 Å². The van der Waals surface area contributed by atoms with Gasteiger partial charge in [0.25, 0.3) is 0 Å². The Hall–Kier alpha value is -4.18. The summed E-state index contributed by atoms with van der Waals surface area (Å²) in [6.45, 7) is 0.624. The van der Waals surface area contributed by atoms with Crippen LogP contribution in [-0.2, 0) is 6.54 Å². The molecule has 1 aromatic heterocycles. The lowest BCUT2D eigenvalue weighted by atomic mass is 10.0. The first kappa shape index (κ1) is 30.3. The Morgan fingerprint density at radius 3 is 2.14 bits per heavy atom. The monoisotopic (exact) mass is 617 g/mol. The summed E-state index contributed by atoms with van der Waals surface area (Å²) >= 11 is 7.48. The van der Waals surface area contributed by atoms with Crippen molar-refractivity contribution in [1.29, 1.82) is 0 Å². The standard InChI is InChI=1S/C33H32ClN3O5S/c1-39-27-14-8-22(9-15-27)19-37-32(24-16-28(40-2)18-29(17-24)41-3)35-36-33(37)43-21-26(38)20-42-31-7-5-4-6-30(31)23-10-12-25(34)13-11-23/h4-18,26,38H,19-21H2,1-3H3. The van der Waals surface area contributed by atoms with Crippen LogP contribution in [0.3, 0.4) is 0 Å². The summed E-state index contributed by atoms with van der Waals surface area (Å²) in [6, 6.07) is 28.8. The fraction of sp³-hybridized carbons (Fsp3) is 0.212. The third-order valence-corrected chi connectivity index (χ3v) is 8.07. The number of ether oxygens (including phenoxy) is 4. The first-order valence-corrected chi connectivity index (χ1v) is 14.9. The topological polar surface area (TPSA) is 87.9 Å². The molecule has 0 radical (unpaired) electrons. The zero-order valence-corrected chi connectivity index (χ0v) is 25.6. The van der Waals surface area contributed by atoms with Crippen molar-refractivity contribution in [2.75, 3.05) is 33.7 Å². The number of aliphatic hydroxyl groups is 1. The van der Waals surface area contributed by atoms with Crippen LogP contribution in [0.25, 0.3) is 22.5 Å². The molecule has 0 aliphatic rings. The van der Waals surface area contributed by atoms with E-state index in [2.05, 4.69) is 10.2 Å². The van der Waals surface area contributed by atoms with E-state index in [-0.39, 0.29) is 6.61 Å². The van der Waals surface area contributed by atoms with Crippen LogP contribution < -0.4 is 18.9 Å². The van der Waals surface area contributed by atoms with Crippen molar-refractivity contribution in [1.82, 2.24) is 14.8 Å². The first-order chi connectivity index (χ1) is 21.0. The highest BCUT2D eigenvalue weighted by Gasteiger charge is 2.19. The minimum Gasteiger partial charge on any atom is -0.497 e. The van der Waals surface area contributed by atoms with Crippen LogP contribution in [0.5, 0.6) is 23.0 Å². The Bertz CT molecular complexity index is 1620. The normalized spacial score (nSPS) is 11.7. The van der Waals surface area contributed by atoms with Gasteiger partial charge in [0, 0.05) is 28.0 Å². The lowest BCUT2D eigenvalue weighted by Gasteiger charge is -2.16. The lowest BCUT2D eigenvalue weighted by molar-refractivity contribution is 0.126. The number of thioether (sulfide) groups is 1. The number of hydrogen-bond acceptors (Lipinski definition) is 8. The van der Waals surface area contributed by atoms with E-state index < -0.39 is 6.10 Å². The molecule has 0 saturated carbocycles. The molecule has 1 unspecified atom stereocenters. The molecule has 5 rings (SSSR count). The molecule has 5 aromatic rings. The molecule has 10 heteroatoms. The maximum atomic E-state index is 10.9. The highest BCUT2D eigenvalue weighted by Crippen LogP contribution is 2.33. The predicted molar refractivity (Wildman–Crippen MR) is 170 cm³/mol. The van der Waals surface area contributed by atoms with Crippen molar-refractivity contribution in [2.45, 2.75) is 17.8 Å². The smallest absolute Gasteiger partial charge is 0.191 e. The number of methoxy groups -OCH3 is 3. The van der Waals surface area contributed by atoms with Crippen LogP contribution in [0, 0.1) is 0 Å². The van der Waals surface area contributed by atoms with Gasteiger partial charge in [-0.15, -0.1) is 10.2 Å². The van der Waals surface area contributed by atoms with Crippen molar-refractivity contribution in [3.8, 4) is 45.5 Å². The molecule has 0 aliphatic heterocycles. The second-order valence-corrected chi connectivity index (χ2v) is 11.0. The van der Waals surface area contributed by atoms with Crippen molar-refractivity contribution in [2.24, 2.45) is 0 Å². The number of hydrogen-bond donors (Lipinski definition) is 1. The number of benzene rings is 4. The van der Waals surface area contributed by atoms with Gasteiger partial charge in [-0.05, 0) is 53.6 Å². The minimum atomic E-state index is -0.755. The van der Waals surface area contributed by atoms with Crippen LogP contribution in [-0.4, -0.2) is 59.7 Å². The molecule has 1 N–H and O–H groups in total. The summed E-state index contributed by atoms with van der Waals surface area (Å²) in [4.78, 5) is 0. The Morgan fingerprint density at radius 2 is 1.47 bits per heavy atom. The van der Waals surface area contributed by atoms with Gasteiger partial charge in [-0.1, -0.05) is 65.8 Å². The molecule has 0 spiro atoms. The van der Waals surface area contributed by atoms with Gasteiger partial charge in [0.1, 0.15) is 29.6 Å². The fourth-order valence-corrected chi connectivity index (χ4v) is 5.44. The Kier molecular flexibility index (Phi) is 10.1. The third-order valence-electron chi connectivity index (χ3n) is 6.70. The van der Waals surface area contributed by atoms with Gasteiger partial charge in [0.05, 0.1) is 34.0 Å². The summed E-state index contributed by atoms with van der Waals surface area (Å²) < 4.78 is 24.4. The highest BCUT2D eigenvalue weighted by molar-refractivity contribution is 7.99. The maximum absolute atomic E-state index is 10.9. The van der Waals surface area contributed by atoms with Crippen molar-refractivity contribution in [3.63, 3.8) is 0 Å². The number of para-hydroxylation sites is 1. The molecule has 222 valence electrons. The molecule has 43 heavy (non-hydrogen) atoms. The van der Waals surface area contributed by atoms with Gasteiger partial charge in [-0.2, -0.15) is 0 Å². The zero-order chi connectivity index (χ0) is 30.2. The largest absolute Gasteiger partial charge is 0.497 e. The summed E-state index contributed by atoms with van der Waals surface area (Å²) in [5.74, 6) is 3.76. The molecule has 4 aromatic carbocycles. The van der Waals surface area contributed by atoms with E-state index in [0.717, 1.165) is 28.0 Å². The molecule has 0 bridgehead atoms. The lowest BCUT2D eigenvalue weighted by Crippen LogP contribution is -2.20. The average molecular weight is 618 g/mol. The Balaban J connectivity index is 1.34. The summed E-state index contributed by atoms with van der Waals surface area (Å²) in [7, 11) is 4.86. The second kappa shape index (κ2) is 14.3. The Labute approximate surface area is 260 Å². The quantitative estimate of drug-likeness (QED) is 0.143. The molecular formula is C33H32ClN3O5S. The number of nitrogens with zero attached hydrogens (tertiary/aromatic N) is 3. The number of halogens is 1. The van der Waals surface area contributed by atoms with E-state index in [9.17, 15) is 5.11 Å². The molecule has 0 saturated heterocycles. The molecule has 1 atom stereocenters. The zero-order valence-electron chi connectivity index (χ0n) is 24.1. The van der Waals surface area contributed by atoms with E-state index >= 15 is 0 Å². The Morgan fingerprint density at radius 1 is 0.791 bits per heavy atom. The maximum Gasteiger partial charge on any atom is 0.191 e. The summed E-state index contributed by atoms with van der Waals surface area (Å²) in [5.41, 5.74) is 3.75. The third kappa shape index (κ3) is 7.62. The van der Waals surface area contributed by atoms with Gasteiger partial charge in [-0.25, -0.2) is 0 Å². The molecule has 0 fully saturated rings. The summed E-state index contributed by atoms with van der Waals surface area (Å²) in [6.07, 6.45) is -0.755. The molecule has 0 amide bonds. The van der Waals surface area contributed by atoms with Crippen LogP contribution in [0.15, 0.2) is 96.2 Å². The van der Waals surface area contributed by atoms with Gasteiger partial charge in [-0.3, -0.25) is 4.57 Å². The van der Waals surface area contributed by atoms with Crippen molar-refractivity contribution >= 4 is 23.4 Å².